The molecule has 2 fully saturated rings. The predicted molar refractivity (Wildman–Crippen MR) is 155 cm³/mol. The minimum absolute atomic E-state index is 0.0256. The Kier molecular flexibility index (Phi) is 11.0. The molecule has 2 unspecified atom stereocenters. The number of hydrogen-bond acceptors (Lipinski definition) is 9. The van der Waals surface area contributed by atoms with Gasteiger partial charge >= 0.3 is 19.4 Å². The lowest BCUT2D eigenvalue weighted by atomic mass is 10.00. The average molecular weight is 674 g/mol. The van der Waals surface area contributed by atoms with Gasteiger partial charge in [0.25, 0.3) is 5.56 Å². The molecule has 1 aromatic carbocycles. The summed E-state index contributed by atoms with van der Waals surface area (Å²) >= 11 is 3.09. The Labute approximate surface area is 249 Å². The zero-order valence-electron chi connectivity index (χ0n) is 23.0. The molecule has 15 heteroatoms. The molecule has 4 rings (SSSR count). The molecular weight excluding hydrogens is 640 g/mol. The molecule has 0 bridgehead atoms. The number of ether oxygens (including phenoxy) is 2. The summed E-state index contributed by atoms with van der Waals surface area (Å²) in [5.74, 6) is -1.07. The van der Waals surface area contributed by atoms with Crippen molar-refractivity contribution >= 4 is 35.7 Å². The van der Waals surface area contributed by atoms with E-state index in [0.717, 1.165) is 23.1 Å². The number of halogens is 2. The summed E-state index contributed by atoms with van der Waals surface area (Å²) in [6.45, 7) is 1.73. The molecule has 0 amide bonds. The van der Waals surface area contributed by atoms with Crippen molar-refractivity contribution in [1.82, 2.24) is 14.6 Å². The van der Waals surface area contributed by atoms with Crippen LogP contribution in [0.25, 0.3) is 6.08 Å². The molecule has 0 radical (unpaired) electrons. The molecule has 1 aliphatic carbocycles. The van der Waals surface area contributed by atoms with E-state index in [1.54, 1.807) is 0 Å². The number of unbranched alkanes of at least 4 members (excludes halogenated alkanes) is 1. The first-order valence-corrected chi connectivity index (χ1v) is 16.2. The largest absolute Gasteiger partial charge is 0.464 e. The molecule has 0 spiro atoms. The minimum Gasteiger partial charge on any atom is -0.464 e. The van der Waals surface area contributed by atoms with Crippen molar-refractivity contribution < 1.29 is 37.4 Å². The molecule has 1 saturated heterocycles. The fourth-order valence-electron chi connectivity index (χ4n) is 4.87. The van der Waals surface area contributed by atoms with Gasteiger partial charge in [0, 0.05) is 12.6 Å². The fraction of sp³-hybridized carbons (Fsp3) is 0.519. The molecule has 2 heterocycles. The van der Waals surface area contributed by atoms with Crippen LogP contribution in [-0.4, -0.2) is 51.6 Å². The highest BCUT2D eigenvalue weighted by atomic mass is 79.9. The van der Waals surface area contributed by atoms with E-state index in [0.29, 0.717) is 32.1 Å². The third kappa shape index (κ3) is 7.86. The standard InChI is InChI=1S/C27H34BrFN3O9P/c1-2-3-14-38-25(35)27(11-4-5-12-27)31-42(37,41-20-8-6-19(29)7-9-20)39-17-22-21(33)15-23(40-22)32-16-18(10-13-28)24(34)30-26(32)36/h6-10,13,16,21-23,33H,2-5,11-12,14-15,17H2,1H3,(H,31,37)(H,30,34,36)/b13-10+/t21?,22-,23-,42?/m1/s1. The molecule has 1 aromatic heterocycles. The monoisotopic (exact) mass is 673 g/mol. The number of benzene rings is 1. The number of aliphatic hydroxyl groups excluding tert-OH is 1. The maximum atomic E-state index is 14.2. The summed E-state index contributed by atoms with van der Waals surface area (Å²) in [5, 5.41) is 13.5. The summed E-state index contributed by atoms with van der Waals surface area (Å²) in [6.07, 6.45) is 3.11. The number of carbonyl (C=O) groups excluding carboxylic acids is 1. The van der Waals surface area contributed by atoms with Crippen LogP contribution in [0.15, 0.2) is 45.0 Å². The van der Waals surface area contributed by atoms with Crippen molar-refractivity contribution in [1.29, 1.82) is 0 Å². The fourth-order valence-corrected chi connectivity index (χ4v) is 6.90. The van der Waals surface area contributed by atoms with Gasteiger partial charge in [-0.25, -0.2) is 13.8 Å². The highest BCUT2D eigenvalue weighted by molar-refractivity contribution is 9.11. The molecule has 2 aromatic rings. The number of nitrogens with zero attached hydrogens (tertiary/aromatic N) is 1. The van der Waals surface area contributed by atoms with Crippen LogP contribution in [0.4, 0.5) is 4.39 Å². The van der Waals surface area contributed by atoms with Gasteiger partial charge in [-0.15, -0.1) is 0 Å². The van der Waals surface area contributed by atoms with Crippen LogP contribution in [0.5, 0.6) is 5.75 Å². The molecular formula is C27H34BrFN3O9P. The van der Waals surface area contributed by atoms with Crippen LogP contribution in [0.1, 0.15) is 63.7 Å². The number of aromatic nitrogens is 2. The first-order chi connectivity index (χ1) is 20.1. The van der Waals surface area contributed by atoms with Crippen molar-refractivity contribution in [2.45, 2.75) is 75.8 Å². The van der Waals surface area contributed by atoms with E-state index in [1.807, 2.05) is 6.92 Å². The summed E-state index contributed by atoms with van der Waals surface area (Å²) in [6, 6.07) is 4.79. The molecule has 42 heavy (non-hydrogen) atoms. The lowest BCUT2D eigenvalue weighted by Gasteiger charge is -2.32. The topological polar surface area (TPSA) is 158 Å². The lowest BCUT2D eigenvalue weighted by molar-refractivity contribution is -0.151. The van der Waals surface area contributed by atoms with Gasteiger partial charge in [-0.3, -0.25) is 23.7 Å². The van der Waals surface area contributed by atoms with Crippen LogP contribution >= 0.6 is 23.7 Å². The Morgan fingerprint density at radius 1 is 1.31 bits per heavy atom. The van der Waals surface area contributed by atoms with Crippen LogP contribution in [0.2, 0.25) is 0 Å². The first kappa shape index (κ1) is 32.3. The van der Waals surface area contributed by atoms with E-state index in [1.165, 1.54) is 29.4 Å². The number of nitrogens with one attached hydrogen (secondary N) is 2. The van der Waals surface area contributed by atoms with Gasteiger partial charge in [-0.2, -0.15) is 5.09 Å². The van der Waals surface area contributed by atoms with Crippen LogP contribution < -0.4 is 20.9 Å². The van der Waals surface area contributed by atoms with Crippen molar-refractivity contribution in [3.05, 3.63) is 67.7 Å². The van der Waals surface area contributed by atoms with E-state index in [4.69, 9.17) is 18.5 Å². The molecule has 230 valence electrons. The Bertz CT molecular complexity index is 1430. The van der Waals surface area contributed by atoms with Gasteiger partial charge in [0.05, 0.1) is 24.9 Å². The van der Waals surface area contributed by atoms with Crippen molar-refractivity contribution in [2.75, 3.05) is 13.2 Å². The molecule has 2 aliphatic rings. The van der Waals surface area contributed by atoms with E-state index >= 15 is 0 Å². The molecule has 12 nitrogen and oxygen atoms in total. The Hall–Kier alpha value is -2.61. The second-order valence-electron chi connectivity index (χ2n) is 10.2. The van der Waals surface area contributed by atoms with Crippen molar-refractivity contribution in [3.63, 3.8) is 0 Å². The Morgan fingerprint density at radius 2 is 2.02 bits per heavy atom. The average Bonchev–Trinajstić information content (AvgIpc) is 3.57. The number of rotatable bonds is 13. The second kappa shape index (κ2) is 14.2. The lowest BCUT2D eigenvalue weighted by Crippen LogP contribution is -2.50. The number of hydrogen-bond donors (Lipinski definition) is 3. The first-order valence-electron chi connectivity index (χ1n) is 13.7. The summed E-state index contributed by atoms with van der Waals surface area (Å²) in [7, 11) is -4.36. The maximum absolute atomic E-state index is 14.2. The van der Waals surface area contributed by atoms with Gasteiger partial charge in [-0.1, -0.05) is 42.1 Å². The zero-order valence-corrected chi connectivity index (χ0v) is 25.5. The van der Waals surface area contributed by atoms with E-state index in [9.17, 15) is 28.4 Å². The number of carbonyl (C=O) groups is 1. The third-order valence-electron chi connectivity index (χ3n) is 7.13. The maximum Gasteiger partial charge on any atom is 0.459 e. The van der Waals surface area contributed by atoms with Gasteiger partial charge in [-0.05, 0) is 54.6 Å². The zero-order chi connectivity index (χ0) is 30.3. The minimum atomic E-state index is -4.36. The van der Waals surface area contributed by atoms with E-state index in [-0.39, 0.29) is 24.3 Å². The molecule has 3 N–H and O–H groups in total. The molecule has 1 aliphatic heterocycles. The smallest absolute Gasteiger partial charge is 0.459 e. The Balaban J connectivity index is 1.54. The van der Waals surface area contributed by atoms with Crippen LogP contribution in [0.3, 0.4) is 0 Å². The molecule has 1 saturated carbocycles. The quantitative estimate of drug-likeness (QED) is 0.160. The third-order valence-corrected chi connectivity index (χ3v) is 9.04. The highest BCUT2D eigenvalue weighted by Crippen LogP contribution is 2.50. The van der Waals surface area contributed by atoms with E-state index < -0.39 is 61.4 Å². The van der Waals surface area contributed by atoms with Gasteiger partial charge < -0.3 is 19.1 Å². The predicted octanol–water partition coefficient (Wildman–Crippen LogP) is 4.14. The highest BCUT2D eigenvalue weighted by Gasteiger charge is 2.49. The number of esters is 1. The summed E-state index contributed by atoms with van der Waals surface area (Å²) in [4.78, 5) is 41.3. The number of H-pyrrole nitrogens is 1. The van der Waals surface area contributed by atoms with Crippen LogP contribution in [0, 0.1) is 5.82 Å². The van der Waals surface area contributed by atoms with Crippen molar-refractivity contribution in [2.24, 2.45) is 0 Å². The van der Waals surface area contributed by atoms with Crippen LogP contribution in [-0.2, 0) is 23.4 Å². The molecule has 4 atom stereocenters. The van der Waals surface area contributed by atoms with Gasteiger partial charge in [0.1, 0.15) is 29.4 Å². The number of aliphatic hydroxyl groups is 1. The van der Waals surface area contributed by atoms with Gasteiger partial charge in [0.15, 0.2) is 0 Å². The Morgan fingerprint density at radius 3 is 2.69 bits per heavy atom. The summed E-state index contributed by atoms with van der Waals surface area (Å²) in [5.41, 5.74) is -2.48. The van der Waals surface area contributed by atoms with Crippen molar-refractivity contribution in [3.8, 4) is 5.75 Å². The SMILES string of the molecule is CCCCOC(=O)C1(NP(=O)(OC[C@H]2O[C@@H](n3cc(/C=C/Br)c(=O)[nH]c3=O)CC2O)Oc2ccc(F)cc2)CCCC1. The van der Waals surface area contributed by atoms with Gasteiger partial charge in [0.2, 0.25) is 0 Å². The van der Waals surface area contributed by atoms with E-state index in [2.05, 4.69) is 26.0 Å². The number of aromatic amines is 1. The normalized spacial score (nSPS) is 23.2. The summed E-state index contributed by atoms with van der Waals surface area (Å²) < 4.78 is 51.6. The second-order valence-corrected chi connectivity index (χ2v) is 12.4.